The molecule has 3 rings (SSSR count). The largest absolute Gasteiger partial charge is 0.338 e. The van der Waals surface area contributed by atoms with Gasteiger partial charge in [-0.25, -0.2) is 4.52 Å². The highest BCUT2D eigenvalue weighted by molar-refractivity contribution is 5.44. The first-order valence-corrected chi connectivity index (χ1v) is 6.04. The summed E-state index contributed by atoms with van der Waals surface area (Å²) in [5, 5.41) is 4.48. The summed E-state index contributed by atoms with van der Waals surface area (Å²) in [7, 11) is 0. The van der Waals surface area contributed by atoms with E-state index in [2.05, 4.69) is 21.9 Å². The molecule has 1 fully saturated rings. The number of aromatic nitrogens is 3. The maximum Gasteiger partial charge on any atom is 0.245 e. The van der Waals surface area contributed by atoms with E-state index < -0.39 is 0 Å². The molecule has 0 saturated carbocycles. The van der Waals surface area contributed by atoms with Crippen molar-refractivity contribution in [2.75, 3.05) is 18.0 Å². The number of fused-ring (bicyclic) bond motifs is 1. The van der Waals surface area contributed by atoms with Gasteiger partial charge in [0.15, 0.2) is 5.65 Å². The molecule has 90 valence electrons. The maximum absolute atomic E-state index is 6.04. The Labute approximate surface area is 100 Å². The highest BCUT2D eigenvalue weighted by Crippen LogP contribution is 2.19. The van der Waals surface area contributed by atoms with Crippen LogP contribution in [0.1, 0.15) is 13.3 Å². The van der Waals surface area contributed by atoms with E-state index in [0.717, 1.165) is 31.1 Å². The Morgan fingerprint density at radius 3 is 3.00 bits per heavy atom. The smallest absolute Gasteiger partial charge is 0.245 e. The van der Waals surface area contributed by atoms with Gasteiger partial charge in [0.25, 0.3) is 0 Å². The van der Waals surface area contributed by atoms with Crippen LogP contribution in [0.15, 0.2) is 24.4 Å². The molecule has 5 nitrogen and oxygen atoms in total. The molecular formula is C12H17N5. The lowest BCUT2D eigenvalue weighted by Crippen LogP contribution is -2.46. The summed E-state index contributed by atoms with van der Waals surface area (Å²) < 4.78 is 1.81. The lowest BCUT2D eigenvalue weighted by Gasteiger charge is -2.33. The van der Waals surface area contributed by atoms with Crippen LogP contribution in [0.4, 0.5) is 5.95 Å². The van der Waals surface area contributed by atoms with Crippen LogP contribution in [0, 0.1) is 5.92 Å². The summed E-state index contributed by atoms with van der Waals surface area (Å²) in [6, 6.07) is 6.11. The number of nitrogens with two attached hydrogens (primary N) is 1. The lowest BCUT2D eigenvalue weighted by molar-refractivity contribution is 0.398. The molecule has 2 atom stereocenters. The molecule has 2 N–H and O–H groups in total. The van der Waals surface area contributed by atoms with Crippen molar-refractivity contribution in [3.8, 4) is 0 Å². The molecule has 1 aliphatic heterocycles. The third-order valence-corrected chi connectivity index (χ3v) is 3.21. The summed E-state index contributed by atoms with van der Waals surface area (Å²) in [6.07, 6.45) is 3.00. The number of hydrogen-bond acceptors (Lipinski definition) is 4. The van der Waals surface area contributed by atoms with E-state index in [0.29, 0.717) is 5.92 Å². The average Bonchev–Trinajstić information content (AvgIpc) is 2.71. The Bertz CT molecular complexity index is 477. The van der Waals surface area contributed by atoms with Crippen LogP contribution in [0.3, 0.4) is 0 Å². The quantitative estimate of drug-likeness (QED) is 0.792. The van der Waals surface area contributed by atoms with Crippen LogP contribution in [0.5, 0.6) is 0 Å². The highest BCUT2D eigenvalue weighted by atomic mass is 15.4. The summed E-state index contributed by atoms with van der Waals surface area (Å²) in [5.41, 5.74) is 6.93. The second-order valence-electron chi connectivity index (χ2n) is 4.92. The minimum Gasteiger partial charge on any atom is -0.338 e. The minimum atomic E-state index is 0.227. The van der Waals surface area contributed by atoms with Crippen molar-refractivity contribution in [3.05, 3.63) is 24.4 Å². The van der Waals surface area contributed by atoms with Gasteiger partial charge >= 0.3 is 0 Å². The van der Waals surface area contributed by atoms with Gasteiger partial charge in [0, 0.05) is 25.3 Å². The maximum atomic E-state index is 6.04. The molecule has 0 aromatic carbocycles. The topological polar surface area (TPSA) is 59.5 Å². The SMILES string of the molecule is CC1CC(N)CN(c2nc3ccccn3n2)C1. The van der Waals surface area contributed by atoms with E-state index in [-0.39, 0.29) is 6.04 Å². The molecule has 0 amide bonds. The predicted octanol–water partition coefficient (Wildman–Crippen LogP) is 0.903. The van der Waals surface area contributed by atoms with Crippen LogP contribution in [0.2, 0.25) is 0 Å². The van der Waals surface area contributed by atoms with Crippen LogP contribution in [-0.2, 0) is 0 Å². The second-order valence-corrected chi connectivity index (χ2v) is 4.92. The third kappa shape index (κ3) is 1.98. The zero-order valence-electron chi connectivity index (χ0n) is 9.95. The van der Waals surface area contributed by atoms with Gasteiger partial charge in [-0.15, -0.1) is 5.10 Å². The fraction of sp³-hybridized carbons (Fsp3) is 0.500. The van der Waals surface area contributed by atoms with Gasteiger partial charge in [-0.05, 0) is 24.5 Å². The number of hydrogen-bond donors (Lipinski definition) is 1. The standard InChI is InChI=1S/C12H17N5/c1-9-6-10(13)8-16(7-9)12-14-11-4-2-3-5-17(11)15-12/h2-5,9-10H,6-8,13H2,1H3. The molecule has 0 spiro atoms. The van der Waals surface area contributed by atoms with Gasteiger partial charge in [0.05, 0.1) is 0 Å². The fourth-order valence-corrected chi connectivity index (χ4v) is 2.52. The van der Waals surface area contributed by atoms with Crippen LogP contribution >= 0.6 is 0 Å². The molecule has 0 radical (unpaired) electrons. The molecular weight excluding hydrogens is 214 g/mol. The summed E-state index contributed by atoms with van der Waals surface area (Å²) in [6.45, 7) is 4.06. The van der Waals surface area contributed by atoms with Crippen molar-refractivity contribution < 1.29 is 0 Å². The Hall–Kier alpha value is -1.62. The molecule has 2 aromatic heterocycles. The van der Waals surface area contributed by atoms with E-state index in [4.69, 9.17) is 5.73 Å². The number of rotatable bonds is 1. The van der Waals surface area contributed by atoms with Crippen molar-refractivity contribution in [1.82, 2.24) is 14.6 Å². The van der Waals surface area contributed by atoms with E-state index in [1.807, 2.05) is 24.4 Å². The van der Waals surface area contributed by atoms with Crippen LogP contribution < -0.4 is 10.6 Å². The average molecular weight is 231 g/mol. The molecule has 1 saturated heterocycles. The van der Waals surface area contributed by atoms with E-state index in [1.54, 1.807) is 4.52 Å². The molecule has 2 unspecified atom stereocenters. The summed E-state index contributed by atoms with van der Waals surface area (Å²) in [4.78, 5) is 6.71. The van der Waals surface area contributed by atoms with Gasteiger partial charge in [0.2, 0.25) is 5.95 Å². The van der Waals surface area contributed by atoms with E-state index in [1.165, 1.54) is 0 Å². The lowest BCUT2D eigenvalue weighted by atomic mass is 9.97. The normalized spacial score (nSPS) is 25.4. The third-order valence-electron chi connectivity index (χ3n) is 3.21. The van der Waals surface area contributed by atoms with Gasteiger partial charge in [0.1, 0.15) is 0 Å². The monoisotopic (exact) mass is 231 g/mol. The van der Waals surface area contributed by atoms with Crippen molar-refractivity contribution in [3.63, 3.8) is 0 Å². The van der Waals surface area contributed by atoms with Crippen molar-refractivity contribution in [2.24, 2.45) is 11.7 Å². The summed E-state index contributed by atoms with van der Waals surface area (Å²) >= 11 is 0. The van der Waals surface area contributed by atoms with Gasteiger partial charge < -0.3 is 10.6 Å². The van der Waals surface area contributed by atoms with Crippen molar-refractivity contribution >= 4 is 11.6 Å². The number of pyridine rings is 1. The Balaban J connectivity index is 1.92. The van der Waals surface area contributed by atoms with Crippen molar-refractivity contribution in [2.45, 2.75) is 19.4 Å². The molecule has 3 heterocycles. The zero-order valence-corrected chi connectivity index (χ0v) is 9.95. The Morgan fingerprint density at radius 2 is 2.24 bits per heavy atom. The van der Waals surface area contributed by atoms with Gasteiger partial charge in [-0.3, -0.25) is 0 Å². The molecule has 5 heteroatoms. The Kier molecular flexibility index (Phi) is 2.48. The molecule has 1 aliphatic rings. The zero-order chi connectivity index (χ0) is 11.8. The molecule has 0 bridgehead atoms. The summed E-state index contributed by atoms with van der Waals surface area (Å²) in [5.74, 6) is 1.39. The predicted molar refractivity (Wildman–Crippen MR) is 67.0 cm³/mol. The second kappa shape index (κ2) is 4.00. The first kappa shape index (κ1) is 10.5. The minimum absolute atomic E-state index is 0.227. The number of nitrogens with zero attached hydrogens (tertiary/aromatic N) is 4. The van der Waals surface area contributed by atoms with Crippen LogP contribution in [0.25, 0.3) is 5.65 Å². The number of anilines is 1. The van der Waals surface area contributed by atoms with E-state index in [9.17, 15) is 0 Å². The highest BCUT2D eigenvalue weighted by Gasteiger charge is 2.24. The molecule has 17 heavy (non-hydrogen) atoms. The Morgan fingerprint density at radius 1 is 1.35 bits per heavy atom. The molecule has 0 aliphatic carbocycles. The fourth-order valence-electron chi connectivity index (χ4n) is 2.52. The molecule has 2 aromatic rings. The number of piperidine rings is 1. The van der Waals surface area contributed by atoms with E-state index >= 15 is 0 Å². The van der Waals surface area contributed by atoms with Gasteiger partial charge in [-0.1, -0.05) is 13.0 Å². The van der Waals surface area contributed by atoms with Crippen LogP contribution in [-0.4, -0.2) is 33.7 Å². The first-order chi connectivity index (χ1) is 8.22. The van der Waals surface area contributed by atoms with Crippen molar-refractivity contribution in [1.29, 1.82) is 0 Å². The van der Waals surface area contributed by atoms with Gasteiger partial charge in [-0.2, -0.15) is 4.98 Å². The first-order valence-electron chi connectivity index (χ1n) is 6.04.